The number of hydrogen-bond donors (Lipinski definition) is 1. The molecule has 12 heavy (non-hydrogen) atoms. The van der Waals surface area contributed by atoms with Crippen LogP contribution in [0.25, 0.3) is 0 Å². The van der Waals surface area contributed by atoms with Crippen LogP contribution < -0.4 is 0 Å². The van der Waals surface area contributed by atoms with E-state index in [0.717, 1.165) is 18.9 Å². The van der Waals surface area contributed by atoms with Crippen LogP contribution in [-0.2, 0) is 9.53 Å². The third-order valence-corrected chi connectivity index (χ3v) is 1.48. The van der Waals surface area contributed by atoms with Gasteiger partial charge in [0, 0.05) is 12.5 Å². The fourth-order valence-corrected chi connectivity index (χ4v) is 0.832. The molecule has 70 valence electrons. The first kappa shape index (κ1) is 11.2. The molecule has 0 aromatic rings. The molecule has 3 heteroatoms. The average Bonchev–Trinajstić information content (AvgIpc) is 2.04. The van der Waals surface area contributed by atoms with E-state index in [1.165, 1.54) is 0 Å². The predicted molar refractivity (Wildman–Crippen MR) is 46.7 cm³/mol. The summed E-state index contributed by atoms with van der Waals surface area (Å²) in [6.07, 6.45) is 2.97. The van der Waals surface area contributed by atoms with Crippen LogP contribution in [0.4, 0.5) is 0 Å². The maximum Gasteiger partial charge on any atom is 0.330 e. The first-order chi connectivity index (χ1) is 5.70. The number of rotatable bonds is 6. The maximum absolute atomic E-state index is 10.5. The predicted octanol–water partition coefficient (Wildman–Crippen LogP) is 1.27. The van der Waals surface area contributed by atoms with Crippen molar-refractivity contribution in [3.63, 3.8) is 0 Å². The first-order valence-electron chi connectivity index (χ1n) is 4.18. The topological polar surface area (TPSA) is 46.5 Å². The van der Waals surface area contributed by atoms with Crippen LogP contribution in [0.2, 0.25) is 0 Å². The minimum absolute atomic E-state index is 0.270. The SMILES string of the molecule is C=CC(=O)OCC[C@@H](O)CCC. The van der Waals surface area contributed by atoms with Crippen LogP contribution in [0, 0.1) is 0 Å². The summed E-state index contributed by atoms with van der Waals surface area (Å²) in [5, 5.41) is 9.22. The molecule has 0 saturated carbocycles. The Morgan fingerprint density at radius 1 is 1.67 bits per heavy atom. The van der Waals surface area contributed by atoms with Gasteiger partial charge in [0.25, 0.3) is 0 Å². The molecule has 0 radical (unpaired) electrons. The highest BCUT2D eigenvalue weighted by Gasteiger charge is 2.03. The molecule has 1 N–H and O–H groups in total. The summed E-state index contributed by atoms with van der Waals surface area (Å²) in [6.45, 7) is 5.53. The van der Waals surface area contributed by atoms with Crippen LogP contribution in [-0.4, -0.2) is 23.8 Å². The summed E-state index contributed by atoms with van der Waals surface area (Å²) in [5.74, 6) is -0.432. The van der Waals surface area contributed by atoms with Crippen molar-refractivity contribution in [3.8, 4) is 0 Å². The summed E-state index contributed by atoms with van der Waals surface area (Å²) in [5.41, 5.74) is 0. The molecule has 0 amide bonds. The van der Waals surface area contributed by atoms with Crippen LogP contribution in [0.5, 0.6) is 0 Å². The molecule has 1 atom stereocenters. The molecular weight excluding hydrogens is 156 g/mol. The molecule has 0 unspecified atom stereocenters. The van der Waals surface area contributed by atoms with Gasteiger partial charge in [-0.25, -0.2) is 4.79 Å². The molecule has 0 aromatic carbocycles. The van der Waals surface area contributed by atoms with Crippen molar-refractivity contribution >= 4 is 5.97 Å². The van der Waals surface area contributed by atoms with Crippen molar-refractivity contribution in [2.75, 3.05) is 6.61 Å². The molecule has 0 saturated heterocycles. The third kappa shape index (κ3) is 5.92. The molecule has 0 spiro atoms. The van der Waals surface area contributed by atoms with Gasteiger partial charge in [-0.1, -0.05) is 19.9 Å². The zero-order valence-corrected chi connectivity index (χ0v) is 7.45. The molecule has 0 bridgehead atoms. The summed E-state index contributed by atoms with van der Waals surface area (Å²) in [4.78, 5) is 10.5. The Kier molecular flexibility index (Phi) is 6.38. The van der Waals surface area contributed by atoms with Crippen molar-refractivity contribution in [3.05, 3.63) is 12.7 Å². The van der Waals surface area contributed by atoms with Crippen molar-refractivity contribution < 1.29 is 14.6 Å². The van der Waals surface area contributed by atoms with E-state index in [1.807, 2.05) is 6.92 Å². The second-order valence-electron chi connectivity index (χ2n) is 2.60. The summed E-state index contributed by atoms with van der Waals surface area (Å²) in [6, 6.07) is 0. The van der Waals surface area contributed by atoms with Gasteiger partial charge in [-0.15, -0.1) is 0 Å². The summed E-state index contributed by atoms with van der Waals surface area (Å²) in [7, 11) is 0. The minimum Gasteiger partial charge on any atom is -0.462 e. The van der Waals surface area contributed by atoms with Gasteiger partial charge < -0.3 is 9.84 Å². The fraction of sp³-hybridized carbons (Fsp3) is 0.667. The lowest BCUT2D eigenvalue weighted by atomic mass is 10.1. The number of carbonyl (C=O) groups excluding carboxylic acids is 1. The first-order valence-corrected chi connectivity index (χ1v) is 4.18. The quantitative estimate of drug-likeness (QED) is 0.484. The molecule has 0 aliphatic heterocycles. The molecule has 0 aliphatic rings. The molecule has 0 fully saturated rings. The highest BCUT2D eigenvalue weighted by atomic mass is 16.5. The highest BCUT2D eigenvalue weighted by molar-refractivity contribution is 5.81. The fourth-order valence-electron chi connectivity index (χ4n) is 0.832. The van der Waals surface area contributed by atoms with Crippen LogP contribution in [0.3, 0.4) is 0 Å². The Bertz CT molecular complexity index is 143. The largest absolute Gasteiger partial charge is 0.462 e. The van der Waals surface area contributed by atoms with E-state index in [9.17, 15) is 9.90 Å². The Morgan fingerprint density at radius 3 is 2.83 bits per heavy atom. The number of carbonyl (C=O) groups is 1. The Hall–Kier alpha value is -0.830. The monoisotopic (exact) mass is 172 g/mol. The zero-order valence-electron chi connectivity index (χ0n) is 7.45. The van der Waals surface area contributed by atoms with Crippen LogP contribution in [0.15, 0.2) is 12.7 Å². The Morgan fingerprint density at radius 2 is 2.33 bits per heavy atom. The van der Waals surface area contributed by atoms with E-state index < -0.39 is 5.97 Å². The van der Waals surface area contributed by atoms with Crippen molar-refractivity contribution in [1.29, 1.82) is 0 Å². The van der Waals surface area contributed by atoms with Crippen molar-refractivity contribution in [2.24, 2.45) is 0 Å². The Balaban J connectivity index is 3.30. The smallest absolute Gasteiger partial charge is 0.330 e. The zero-order chi connectivity index (χ0) is 9.40. The van der Waals surface area contributed by atoms with Gasteiger partial charge in [0.05, 0.1) is 12.7 Å². The third-order valence-electron chi connectivity index (χ3n) is 1.48. The number of aliphatic hydroxyl groups is 1. The number of esters is 1. The average molecular weight is 172 g/mol. The van der Waals surface area contributed by atoms with E-state index in [-0.39, 0.29) is 12.7 Å². The van der Waals surface area contributed by atoms with Gasteiger partial charge in [0.1, 0.15) is 0 Å². The van der Waals surface area contributed by atoms with E-state index >= 15 is 0 Å². The lowest BCUT2D eigenvalue weighted by molar-refractivity contribution is -0.138. The van der Waals surface area contributed by atoms with E-state index in [4.69, 9.17) is 4.74 Å². The summed E-state index contributed by atoms with van der Waals surface area (Å²) >= 11 is 0. The lowest BCUT2D eigenvalue weighted by Crippen LogP contribution is -2.11. The second kappa shape index (κ2) is 6.85. The summed E-state index contributed by atoms with van der Waals surface area (Å²) < 4.78 is 4.69. The van der Waals surface area contributed by atoms with E-state index in [1.54, 1.807) is 0 Å². The van der Waals surface area contributed by atoms with Crippen LogP contribution >= 0.6 is 0 Å². The maximum atomic E-state index is 10.5. The standard InChI is InChI=1S/C9H16O3/c1-3-5-8(10)6-7-12-9(11)4-2/h4,8,10H,2-3,5-7H2,1H3/t8-/m0/s1. The number of ether oxygens (including phenoxy) is 1. The van der Waals surface area contributed by atoms with Gasteiger partial charge in [-0.05, 0) is 6.42 Å². The van der Waals surface area contributed by atoms with E-state index in [2.05, 4.69) is 6.58 Å². The van der Waals surface area contributed by atoms with Crippen molar-refractivity contribution in [2.45, 2.75) is 32.3 Å². The molecular formula is C9H16O3. The Labute approximate surface area is 73.0 Å². The van der Waals surface area contributed by atoms with Gasteiger partial charge in [0.15, 0.2) is 0 Å². The van der Waals surface area contributed by atoms with Gasteiger partial charge >= 0.3 is 5.97 Å². The molecule has 0 aliphatic carbocycles. The van der Waals surface area contributed by atoms with Crippen molar-refractivity contribution in [1.82, 2.24) is 0 Å². The number of hydrogen-bond acceptors (Lipinski definition) is 3. The van der Waals surface area contributed by atoms with Crippen LogP contribution in [0.1, 0.15) is 26.2 Å². The van der Waals surface area contributed by atoms with Gasteiger partial charge in [-0.3, -0.25) is 0 Å². The second-order valence-corrected chi connectivity index (χ2v) is 2.60. The molecule has 0 heterocycles. The highest BCUT2D eigenvalue weighted by Crippen LogP contribution is 2.00. The van der Waals surface area contributed by atoms with Gasteiger partial charge in [0.2, 0.25) is 0 Å². The minimum atomic E-state index is -0.432. The normalized spacial score (nSPS) is 12.2. The number of aliphatic hydroxyl groups excluding tert-OH is 1. The lowest BCUT2D eigenvalue weighted by Gasteiger charge is -2.07. The molecule has 3 nitrogen and oxygen atoms in total. The molecule has 0 aromatic heterocycles. The van der Waals surface area contributed by atoms with E-state index in [0.29, 0.717) is 6.42 Å². The molecule has 0 rings (SSSR count). The van der Waals surface area contributed by atoms with Gasteiger partial charge in [-0.2, -0.15) is 0 Å².